The summed E-state index contributed by atoms with van der Waals surface area (Å²) in [6.45, 7) is 2.21. The molecule has 3 aromatic carbocycles. The van der Waals surface area contributed by atoms with E-state index in [1.807, 2.05) is 36.4 Å². The highest BCUT2D eigenvalue weighted by Crippen LogP contribution is 2.25. The van der Waals surface area contributed by atoms with Crippen molar-refractivity contribution in [1.29, 1.82) is 0 Å². The Morgan fingerprint density at radius 2 is 1.32 bits per heavy atom. The van der Waals surface area contributed by atoms with Crippen molar-refractivity contribution in [2.24, 2.45) is 0 Å². The molecule has 0 bridgehead atoms. The van der Waals surface area contributed by atoms with E-state index in [4.69, 9.17) is 4.74 Å². The van der Waals surface area contributed by atoms with Crippen LogP contribution in [-0.4, -0.2) is 7.11 Å². The summed E-state index contributed by atoms with van der Waals surface area (Å²) in [6, 6.07) is 22.0. The summed E-state index contributed by atoms with van der Waals surface area (Å²) >= 11 is 0. The van der Waals surface area contributed by atoms with Gasteiger partial charge in [0.1, 0.15) is 11.6 Å². The summed E-state index contributed by atoms with van der Waals surface area (Å²) in [4.78, 5) is 0. The summed E-state index contributed by atoms with van der Waals surface area (Å²) in [5.74, 6) is 0.710. The van der Waals surface area contributed by atoms with Crippen molar-refractivity contribution in [2.75, 3.05) is 7.11 Å². The predicted molar refractivity (Wildman–Crippen MR) is 115 cm³/mol. The number of ether oxygens (including phenoxy) is 1. The molecule has 146 valence electrons. The quantitative estimate of drug-likeness (QED) is 0.365. The van der Waals surface area contributed by atoms with Gasteiger partial charge in [0.05, 0.1) is 7.11 Å². The molecule has 0 N–H and O–H groups in total. The molecule has 0 aromatic heterocycles. The lowest BCUT2D eigenvalue weighted by atomic mass is 9.98. The molecule has 3 aromatic rings. The lowest BCUT2D eigenvalue weighted by Crippen LogP contribution is -1.94. The number of benzene rings is 3. The summed E-state index contributed by atoms with van der Waals surface area (Å²) in [6.07, 6.45) is 6.51. The first-order valence-corrected chi connectivity index (χ1v) is 10.2. The second-order valence-corrected chi connectivity index (χ2v) is 7.32. The van der Waals surface area contributed by atoms with Crippen LogP contribution in [0.4, 0.5) is 4.39 Å². The zero-order valence-corrected chi connectivity index (χ0v) is 16.9. The fourth-order valence-corrected chi connectivity index (χ4v) is 3.46. The van der Waals surface area contributed by atoms with E-state index in [2.05, 4.69) is 31.2 Å². The molecule has 0 aliphatic carbocycles. The van der Waals surface area contributed by atoms with Crippen molar-refractivity contribution in [2.45, 2.75) is 45.4 Å². The first-order valence-electron chi connectivity index (χ1n) is 10.2. The first kappa shape index (κ1) is 20.1. The van der Waals surface area contributed by atoms with Gasteiger partial charge in [-0.3, -0.25) is 0 Å². The summed E-state index contributed by atoms with van der Waals surface area (Å²) in [5.41, 5.74) is 5.19. The molecule has 1 nitrogen and oxygen atoms in total. The number of methoxy groups -OCH3 is 1. The van der Waals surface area contributed by atoms with Crippen LogP contribution in [0, 0.1) is 5.82 Å². The average molecular weight is 377 g/mol. The fraction of sp³-hybridized carbons (Fsp3) is 0.308. The second kappa shape index (κ2) is 10.1. The highest BCUT2D eigenvalue weighted by atomic mass is 19.1. The van der Waals surface area contributed by atoms with Gasteiger partial charge in [0.2, 0.25) is 0 Å². The average Bonchev–Trinajstić information content (AvgIpc) is 2.73. The van der Waals surface area contributed by atoms with E-state index in [-0.39, 0.29) is 5.82 Å². The van der Waals surface area contributed by atoms with Crippen LogP contribution in [0.5, 0.6) is 5.75 Å². The molecule has 0 atom stereocenters. The van der Waals surface area contributed by atoms with Crippen molar-refractivity contribution in [3.05, 3.63) is 89.2 Å². The molecule has 0 radical (unpaired) electrons. The zero-order chi connectivity index (χ0) is 19.8. The highest BCUT2D eigenvalue weighted by Gasteiger charge is 2.07. The third-order valence-electron chi connectivity index (χ3n) is 5.23. The van der Waals surface area contributed by atoms with Gasteiger partial charge in [-0.2, -0.15) is 0 Å². The molecule has 0 saturated heterocycles. The largest absolute Gasteiger partial charge is 0.497 e. The van der Waals surface area contributed by atoms with Gasteiger partial charge in [-0.05, 0) is 66.1 Å². The van der Waals surface area contributed by atoms with E-state index in [1.165, 1.54) is 30.4 Å². The van der Waals surface area contributed by atoms with Crippen LogP contribution in [-0.2, 0) is 19.3 Å². The van der Waals surface area contributed by atoms with Gasteiger partial charge in [-0.25, -0.2) is 4.39 Å². The lowest BCUT2D eigenvalue weighted by molar-refractivity contribution is 0.414. The van der Waals surface area contributed by atoms with Crippen LogP contribution < -0.4 is 4.74 Å². The number of hydrogen-bond acceptors (Lipinski definition) is 1. The standard InChI is InChI=1S/C26H29FO/c1-3-4-5-6-20-9-14-23(15-10-20)25-18-13-22(19-26(25)27)8-7-21-11-16-24(28-2)17-12-21/h9-19H,3-8H2,1-2H3. The van der Waals surface area contributed by atoms with Gasteiger partial charge in [0, 0.05) is 5.56 Å². The maximum atomic E-state index is 14.7. The minimum Gasteiger partial charge on any atom is -0.497 e. The van der Waals surface area contributed by atoms with E-state index in [1.54, 1.807) is 13.2 Å². The van der Waals surface area contributed by atoms with Crippen molar-refractivity contribution >= 4 is 0 Å². The van der Waals surface area contributed by atoms with E-state index in [0.717, 1.165) is 36.1 Å². The van der Waals surface area contributed by atoms with Crippen LogP contribution in [0.1, 0.15) is 42.9 Å². The maximum Gasteiger partial charge on any atom is 0.131 e. The Balaban J connectivity index is 1.63. The van der Waals surface area contributed by atoms with Crippen LogP contribution in [0.2, 0.25) is 0 Å². The molecule has 3 rings (SSSR count). The molecule has 28 heavy (non-hydrogen) atoms. The molecule has 0 aliphatic heterocycles. The highest BCUT2D eigenvalue weighted by molar-refractivity contribution is 5.64. The minimum atomic E-state index is -0.147. The third-order valence-corrected chi connectivity index (χ3v) is 5.23. The van der Waals surface area contributed by atoms with Crippen LogP contribution in [0.25, 0.3) is 11.1 Å². The van der Waals surface area contributed by atoms with Crippen molar-refractivity contribution in [1.82, 2.24) is 0 Å². The Bertz CT molecular complexity index is 866. The molecule has 0 unspecified atom stereocenters. The van der Waals surface area contributed by atoms with E-state index in [9.17, 15) is 4.39 Å². The van der Waals surface area contributed by atoms with Gasteiger partial charge >= 0.3 is 0 Å². The Kier molecular flexibility index (Phi) is 7.25. The number of rotatable bonds is 9. The molecule has 0 fully saturated rings. The Morgan fingerprint density at radius 3 is 1.96 bits per heavy atom. The minimum absolute atomic E-state index is 0.147. The predicted octanol–water partition coefficient (Wildman–Crippen LogP) is 7.02. The number of unbranched alkanes of at least 4 members (excludes halogenated alkanes) is 2. The summed E-state index contributed by atoms with van der Waals surface area (Å²) in [5, 5.41) is 0. The fourth-order valence-electron chi connectivity index (χ4n) is 3.46. The molecule has 0 amide bonds. The zero-order valence-electron chi connectivity index (χ0n) is 16.9. The summed E-state index contributed by atoms with van der Waals surface area (Å²) < 4.78 is 19.9. The van der Waals surface area contributed by atoms with Crippen LogP contribution in [0.3, 0.4) is 0 Å². The van der Waals surface area contributed by atoms with Gasteiger partial charge in [0.15, 0.2) is 0 Å². The van der Waals surface area contributed by atoms with Gasteiger partial charge in [-0.15, -0.1) is 0 Å². The Morgan fingerprint density at radius 1 is 0.714 bits per heavy atom. The maximum absolute atomic E-state index is 14.7. The SMILES string of the molecule is CCCCCc1ccc(-c2ccc(CCc3ccc(OC)cc3)cc2F)cc1. The topological polar surface area (TPSA) is 9.23 Å². The molecule has 0 heterocycles. The molecular formula is C26H29FO. The van der Waals surface area contributed by atoms with E-state index >= 15 is 0 Å². The molecular weight excluding hydrogens is 347 g/mol. The van der Waals surface area contributed by atoms with E-state index in [0.29, 0.717) is 5.56 Å². The Hall–Kier alpha value is -2.61. The monoisotopic (exact) mass is 376 g/mol. The van der Waals surface area contributed by atoms with Gasteiger partial charge in [0.25, 0.3) is 0 Å². The van der Waals surface area contributed by atoms with Gasteiger partial charge < -0.3 is 4.74 Å². The van der Waals surface area contributed by atoms with Crippen molar-refractivity contribution in [3.63, 3.8) is 0 Å². The number of aryl methyl sites for hydroxylation is 3. The third kappa shape index (κ3) is 5.45. The normalized spacial score (nSPS) is 10.8. The van der Waals surface area contributed by atoms with Crippen LogP contribution in [0.15, 0.2) is 66.7 Å². The molecule has 0 aliphatic rings. The number of halogens is 1. The summed E-state index contributed by atoms with van der Waals surface area (Å²) in [7, 11) is 1.67. The van der Waals surface area contributed by atoms with Gasteiger partial charge in [-0.1, -0.05) is 68.3 Å². The second-order valence-electron chi connectivity index (χ2n) is 7.32. The number of hydrogen-bond donors (Lipinski definition) is 0. The van der Waals surface area contributed by atoms with Crippen LogP contribution >= 0.6 is 0 Å². The Labute approximate surface area is 168 Å². The molecule has 0 spiro atoms. The lowest BCUT2D eigenvalue weighted by Gasteiger charge is -2.09. The molecule has 0 saturated carbocycles. The molecule has 2 heteroatoms. The smallest absolute Gasteiger partial charge is 0.131 e. The van der Waals surface area contributed by atoms with Crippen molar-refractivity contribution in [3.8, 4) is 16.9 Å². The first-order chi connectivity index (χ1) is 13.7. The van der Waals surface area contributed by atoms with E-state index < -0.39 is 0 Å². The van der Waals surface area contributed by atoms with Crippen molar-refractivity contribution < 1.29 is 9.13 Å².